The lowest BCUT2D eigenvalue weighted by atomic mass is 10.1. The predicted octanol–water partition coefficient (Wildman–Crippen LogP) is 1.81. The van der Waals surface area contributed by atoms with Gasteiger partial charge in [0.05, 0.1) is 12.2 Å². The smallest absolute Gasteiger partial charge is 0.338 e. The van der Waals surface area contributed by atoms with Gasteiger partial charge in [0, 0.05) is 7.11 Å². The van der Waals surface area contributed by atoms with Crippen molar-refractivity contribution in [1.82, 2.24) is 0 Å². The summed E-state index contributed by atoms with van der Waals surface area (Å²) in [5.74, 6) is -4.03. The van der Waals surface area contributed by atoms with E-state index in [1.807, 2.05) is 0 Å². The van der Waals surface area contributed by atoms with Crippen LogP contribution in [0.2, 0.25) is 0 Å². The van der Waals surface area contributed by atoms with Crippen LogP contribution in [-0.4, -0.2) is 18.2 Å². The summed E-state index contributed by atoms with van der Waals surface area (Å²) in [6.45, 7) is 0.0392. The van der Waals surface area contributed by atoms with Crippen LogP contribution in [0.4, 0.5) is 8.78 Å². The number of ether oxygens (including phenoxy) is 1. The summed E-state index contributed by atoms with van der Waals surface area (Å²) in [7, 11) is 1.38. The molecule has 0 atom stereocenters. The molecule has 0 aliphatic rings. The van der Waals surface area contributed by atoms with Gasteiger partial charge in [0.2, 0.25) is 0 Å². The van der Waals surface area contributed by atoms with Gasteiger partial charge >= 0.3 is 5.97 Å². The molecule has 0 spiro atoms. The van der Waals surface area contributed by atoms with Gasteiger partial charge in [-0.2, -0.15) is 0 Å². The number of halogens is 2. The van der Waals surface area contributed by atoms with Crippen LogP contribution in [0.25, 0.3) is 0 Å². The van der Waals surface area contributed by atoms with Crippen LogP contribution in [-0.2, 0) is 11.3 Å². The number of carboxylic acids is 1. The molecule has 14 heavy (non-hydrogen) atoms. The molecular weight excluding hydrogens is 194 g/mol. The van der Waals surface area contributed by atoms with Crippen LogP contribution in [0.5, 0.6) is 0 Å². The molecule has 0 aromatic heterocycles. The van der Waals surface area contributed by atoms with Gasteiger partial charge in [-0.15, -0.1) is 0 Å². The molecule has 0 saturated heterocycles. The minimum Gasteiger partial charge on any atom is -0.478 e. The van der Waals surface area contributed by atoms with Crippen molar-refractivity contribution in [2.24, 2.45) is 0 Å². The maximum absolute atomic E-state index is 12.9. The zero-order valence-corrected chi connectivity index (χ0v) is 7.38. The first-order valence-corrected chi connectivity index (χ1v) is 3.76. The van der Waals surface area contributed by atoms with E-state index in [9.17, 15) is 13.6 Å². The van der Waals surface area contributed by atoms with Crippen LogP contribution in [0.15, 0.2) is 12.1 Å². The van der Waals surface area contributed by atoms with Crippen molar-refractivity contribution in [2.75, 3.05) is 7.11 Å². The molecule has 0 heterocycles. The lowest BCUT2D eigenvalue weighted by Gasteiger charge is -2.03. The Kier molecular flexibility index (Phi) is 3.14. The largest absolute Gasteiger partial charge is 0.478 e. The van der Waals surface area contributed by atoms with Crippen LogP contribution >= 0.6 is 0 Å². The zero-order chi connectivity index (χ0) is 10.7. The predicted molar refractivity (Wildman–Crippen MR) is 44.0 cm³/mol. The minimum absolute atomic E-state index is 0.0392. The van der Waals surface area contributed by atoms with Crippen LogP contribution < -0.4 is 0 Å². The Hall–Kier alpha value is -1.49. The van der Waals surface area contributed by atoms with Gasteiger partial charge in [-0.05, 0) is 17.7 Å². The van der Waals surface area contributed by atoms with Gasteiger partial charge in [0.25, 0.3) is 0 Å². The normalized spacial score (nSPS) is 10.2. The first kappa shape index (κ1) is 10.6. The molecule has 0 aliphatic heterocycles. The monoisotopic (exact) mass is 202 g/mol. The Morgan fingerprint density at radius 3 is 2.64 bits per heavy atom. The second-order valence-corrected chi connectivity index (χ2v) is 2.68. The number of carbonyl (C=O) groups is 1. The highest BCUT2D eigenvalue weighted by molar-refractivity contribution is 5.88. The summed E-state index contributed by atoms with van der Waals surface area (Å²) in [6, 6.07) is 1.95. The molecule has 1 rings (SSSR count). The first-order valence-electron chi connectivity index (χ1n) is 3.76. The lowest BCUT2D eigenvalue weighted by Crippen LogP contribution is -2.05. The van der Waals surface area contributed by atoms with Crippen molar-refractivity contribution < 1.29 is 23.4 Å². The highest BCUT2D eigenvalue weighted by Gasteiger charge is 2.15. The molecule has 76 valence electrons. The maximum Gasteiger partial charge on any atom is 0.338 e. The molecule has 1 aromatic rings. The first-order chi connectivity index (χ1) is 6.56. The van der Waals surface area contributed by atoms with Crippen LogP contribution in [0.1, 0.15) is 15.9 Å². The SMILES string of the molecule is COCc1cc(F)c(F)c(C(=O)O)c1. The third-order valence-corrected chi connectivity index (χ3v) is 1.63. The highest BCUT2D eigenvalue weighted by atomic mass is 19.2. The number of methoxy groups -OCH3 is 1. The minimum atomic E-state index is -1.50. The fourth-order valence-corrected chi connectivity index (χ4v) is 1.05. The van der Waals surface area contributed by atoms with E-state index >= 15 is 0 Å². The number of hydrogen-bond acceptors (Lipinski definition) is 2. The zero-order valence-electron chi connectivity index (χ0n) is 7.38. The van der Waals surface area contributed by atoms with Gasteiger partial charge in [-0.3, -0.25) is 0 Å². The van der Waals surface area contributed by atoms with E-state index in [2.05, 4.69) is 4.74 Å². The Bertz CT molecular complexity index is 363. The number of hydrogen-bond donors (Lipinski definition) is 1. The molecule has 3 nitrogen and oxygen atoms in total. The molecule has 0 amide bonds. The molecule has 0 bridgehead atoms. The summed E-state index contributed by atoms with van der Waals surface area (Å²) in [6.07, 6.45) is 0. The Morgan fingerprint density at radius 1 is 1.50 bits per heavy atom. The molecule has 0 saturated carbocycles. The third-order valence-electron chi connectivity index (χ3n) is 1.63. The fourth-order valence-electron chi connectivity index (χ4n) is 1.05. The molecule has 5 heteroatoms. The summed E-state index contributed by atoms with van der Waals surface area (Å²) in [4.78, 5) is 10.5. The van der Waals surface area contributed by atoms with Crippen LogP contribution in [0.3, 0.4) is 0 Å². The molecule has 0 unspecified atom stereocenters. The number of benzene rings is 1. The number of carboxylic acid groups (broad SMARTS) is 1. The van der Waals surface area contributed by atoms with E-state index in [4.69, 9.17) is 5.11 Å². The summed E-state index contributed by atoms with van der Waals surface area (Å²) in [5.41, 5.74) is -0.402. The molecule has 0 aliphatic carbocycles. The summed E-state index contributed by atoms with van der Waals surface area (Å²) < 4.78 is 30.4. The molecule has 1 N–H and O–H groups in total. The van der Waals surface area contributed by atoms with E-state index in [-0.39, 0.29) is 12.2 Å². The van der Waals surface area contributed by atoms with Crippen molar-refractivity contribution in [3.8, 4) is 0 Å². The van der Waals surface area contributed by atoms with Crippen molar-refractivity contribution in [3.63, 3.8) is 0 Å². The van der Waals surface area contributed by atoms with E-state index in [1.165, 1.54) is 7.11 Å². The van der Waals surface area contributed by atoms with Gasteiger partial charge in [-0.25, -0.2) is 13.6 Å². The summed E-state index contributed by atoms with van der Waals surface area (Å²) in [5, 5.41) is 8.54. The van der Waals surface area contributed by atoms with Crippen molar-refractivity contribution in [2.45, 2.75) is 6.61 Å². The van der Waals surface area contributed by atoms with Crippen molar-refractivity contribution in [3.05, 3.63) is 34.9 Å². The number of aromatic carboxylic acids is 1. The van der Waals surface area contributed by atoms with E-state index in [0.717, 1.165) is 12.1 Å². The Balaban J connectivity index is 3.21. The average molecular weight is 202 g/mol. The van der Waals surface area contributed by atoms with E-state index in [0.29, 0.717) is 0 Å². The quantitative estimate of drug-likeness (QED) is 0.813. The fraction of sp³-hybridized carbons (Fsp3) is 0.222. The van der Waals surface area contributed by atoms with Crippen LogP contribution in [0, 0.1) is 11.6 Å². The second-order valence-electron chi connectivity index (χ2n) is 2.68. The Labute approximate surface area is 78.9 Å². The molecular formula is C9H8F2O3. The van der Waals surface area contributed by atoms with Gasteiger partial charge in [-0.1, -0.05) is 0 Å². The highest BCUT2D eigenvalue weighted by Crippen LogP contribution is 2.15. The van der Waals surface area contributed by atoms with E-state index in [1.54, 1.807) is 0 Å². The average Bonchev–Trinajstić information content (AvgIpc) is 2.11. The van der Waals surface area contributed by atoms with Gasteiger partial charge in [0.15, 0.2) is 11.6 Å². The van der Waals surface area contributed by atoms with Crippen molar-refractivity contribution in [1.29, 1.82) is 0 Å². The maximum atomic E-state index is 12.9. The van der Waals surface area contributed by atoms with Crippen molar-refractivity contribution >= 4 is 5.97 Å². The van der Waals surface area contributed by atoms with Gasteiger partial charge in [0.1, 0.15) is 0 Å². The van der Waals surface area contributed by atoms with E-state index < -0.39 is 23.2 Å². The Morgan fingerprint density at radius 2 is 2.14 bits per heavy atom. The third kappa shape index (κ3) is 2.05. The second kappa shape index (κ2) is 4.15. The molecule has 0 fully saturated rings. The van der Waals surface area contributed by atoms with Gasteiger partial charge < -0.3 is 9.84 Å². The molecule has 0 radical (unpaired) electrons. The standard InChI is InChI=1S/C9H8F2O3/c1-14-4-5-2-6(9(12)13)8(11)7(10)3-5/h2-3H,4H2,1H3,(H,12,13). The lowest BCUT2D eigenvalue weighted by molar-refractivity contribution is 0.0690. The topological polar surface area (TPSA) is 46.5 Å². The summed E-state index contributed by atoms with van der Waals surface area (Å²) >= 11 is 0. The molecule has 1 aromatic carbocycles. The number of rotatable bonds is 3.